The van der Waals surface area contributed by atoms with Crippen molar-refractivity contribution in [1.82, 2.24) is 25.8 Å². The molecular weight excluding hydrogens is 622 g/mol. The van der Waals surface area contributed by atoms with Gasteiger partial charge in [-0.1, -0.05) is 74.5 Å². The Morgan fingerprint density at radius 2 is 1.31 bits per heavy atom. The summed E-state index contributed by atoms with van der Waals surface area (Å²) >= 11 is 0. The lowest BCUT2D eigenvalue weighted by Gasteiger charge is -2.29. The van der Waals surface area contributed by atoms with Crippen molar-refractivity contribution in [3.8, 4) is 0 Å². The Bertz CT molecular complexity index is 1360. The summed E-state index contributed by atoms with van der Waals surface area (Å²) in [6.45, 7) is 6.07. The fourth-order valence-electron chi connectivity index (χ4n) is 5.89. The SMILES string of the molecule is CC(C)C[C@@H](NC(=O)[C@@H](CCc1ccccc1)NC(=O)[C@H](N)Cc1ccccc1)C(=O)N[C@H](CCCN)C(=O)N1CCCN(C(=N)N)CC1. The van der Waals surface area contributed by atoms with Gasteiger partial charge in [-0.25, -0.2) is 0 Å². The van der Waals surface area contributed by atoms with Gasteiger partial charge in [0, 0.05) is 26.2 Å². The van der Waals surface area contributed by atoms with E-state index >= 15 is 0 Å². The standard InChI is InChI=1S/C36H55N9O4/c1-25(2)23-31(34(48)42-30(15-9-18-37)35(49)44-19-10-20-45(22-21-44)36(39)40)43-33(47)29(17-16-26-11-5-3-6-12-26)41-32(46)28(38)24-27-13-7-4-8-14-27/h3-8,11-14,25,28-31H,9-10,15-24,37-38H2,1-2H3,(H3,39,40)(H,41,46)(H,42,48)(H,43,47)/t28-,29-,30-,31-/m1/s1. The van der Waals surface area contributed by atoms with E-state index < -0.39 is 41.9 Å². The molecule has 13 nitrogen and oxygen atoms in total. The number of aryl methyl sites for hydroxylation is 1. The Morgan fingerprint density at radius 3 is 1.92 bits per heavy atom. The molecule has 0 saturated carbocycles. The van der Waals surface area contributed by atoms with Crippen LogP contribution in [0.5, 0.6) is 0 Å². The van der Waals surface area contributed by atoms with Gasteiger partial charge in [-0.05, 0) is 68.5 Å². The fraction of sp³-hybridized carbons (Fsp3) is 0.528. The van der Waals surface area contributed by atoms with Crippen LogP contribution in [0.15, 0.2) is 60.7 Å². The topological polar surface area (TPSA) is 213 Å². The molecule has 0 aliphatic carbocycles. The zero-order valence-corrected chi connectivity index (χ0v) is 28.9. The minimum atomic E-state index is -0.952. The van der Waals surface area contributed by atoms with E-state index in [-0.39, 0.29) is 17.8 Å². The minimum absolute atomic E-state index is 0.0361. The van der Waals surface area contributed by atoms with Crippen LogP contribution in [-0.2, 0) is 32.0 Å². The van der Waals surface area contributed by atoms with Gasteiger partial charge in [0.2, 0.25) is 23.6 Å². The zero-order valence-electron chi connectivity index (χ0n) is 28.9. The van der Waals surface area contributed by atoms with Crippen molar-refractivity contribution >= 4 is 29.6 Å². The van der Waals surface area contributed by atoms with Gasteiger partial charge in [0.25, 0.3) is 0 Å². The van der Waals surface area contributed by atoms with Gasteiger partial charge in [-0.3, -0.25) is 24.6 Å². The first-order valence-corrected chi connectivity index (χ1v) is 17.3. The number of nitrogens with two attached hydrogens (primary N) is 3. The van der Waals surface area contributed by atoms with Crippen molar-refractivity contribution in [2.24, 2.45) is 23.1 Å². The minimum Gasteiger partial charge on any atom is -0.370 e. The Labute approximate surface area is 290 Å². The normalized spacial score (nSPS) is 15.8. The molecule has 0 radical (unpaired) electrons. The third-order valence-corrected chi connectivity index (χ3v) is 8.63. The smallest absolute Gasteiger partial charge is 0.245 e. The van der Waals surface area contributed by atoms with Crippen LogP contribution in [0.2, 0.25) is 0 Å². The Balaban J connectivity index is 1.75. The first-order valence-electron chi connectivity index (χ1n) is 17.3. The number of nitrogens with zero attached hydrogens (tertiary/aromatic N) is 2. The molecule has 1 aliphatic heterocycles. The fourth-order valence-corrected chi connectivity index (χ4v) is 5.89. The van der Waals surface area contributed by atoms with Crippen LogP contribution < -0.4 is 33.2 Å². The number of hydrogen-bond acceptors (Lipinski definition) is 7. The van der Waals surface area contributed by atoms with Crippen LogP contribution in [0.4, 0.5) is 0 Å². The monoisotopic (exact) mass is 677 g/mol. The Kier molecular flexibility index (Phi) is 16.0. The number of benzene rings is 2. The van der Waals surface area contributed by atoms with Gasteiger partial charge in [0.05, 0.1) is 6.04 Å². The van der Waals surface area contributed by atoms with Gasteiger partial charge in [0.15, 0.2) is 5.96 Å². The summed E-state index contributed by atoms with van der Waals surface area (Å²) in [6.07, 6.45) is 2.92. The van der Waals surface area contributed by atoms with Crippen LogP contribution in [0.25, 0.3) is 0 Å². The number of rotatable bonds is 17. The van der Waals surface area contributed by atoms with E-state index in [9.17, 15) is 19.2 Å². The third-order valence-electron chi connectivity index (χ3n) is 8.63. The molecule has 1 fully saturated rings. The average molecular weight is 678 g/mol. The Hall–Kier alpha value is -4.49. The molecule has 0 spiro atoms. The number of amides is 4. The molecule has 49 heavy (non-hydrogen) atoms. The number of hydrogen-bond donors (Lipinski definition) is 7. The molecule has 2 aromatic carbocycles. The number of carbonyl (C=O) groups is 4. The summed E-state index contributed by atoms with van der Waals surface area (Å²) in [6, 6.07) is 15.4. The summed E-state index contributed by atoms with van der Waals surface area (Å²) < 4.78 is 0. The highest BCUT2D eigenvalue weighted by atomic mass is 16.2. The molecule has 13 heteroatoms. The molecule has 1 aliphatic rings. The van der Waals surface area contributed by atoms with Crippen molar-refractivity contribution in [1.29, 1.82) is 5.41 Å². The van der Waals surface area contributed by atoms with E-state index in [2.05, 4.69) is 16.0 Å². The number of guanidine groups is 1. The van der Waals surface area contributed by atoms with Crippen molar-refractivity contribution in [2.45, 2.75) is 83.0 Å². The molecule has 0 aromatic heterocycles. The molecule has 1 heterocycles. The highest BCUT2D eigenvalue weighted by Crippen LogP contribution is 2.12. The van der Waals surface area contributed by atoms with Gasteiger partial charge in [-0.2, -0.15) is 0 Å². The van der Waals surface area contributed by atoms with E-state index in [1.807, 2.05) is 74.5 Å². The van der Waals surface area contributed by atoms with Crippen molar-refractivity contribution < 1.29 is 19.2 Å². The molecule has 2 aromatic rings. The van der Waals surface area contributed by atoms with E-state index in [1.54, 1.807) is 9.80 Å². The maximum Gasteiger partial charge on any atom is 0.245 e. The second-order valence-corrected chi connectivity index (χ2v) is 13.1. The van der Waals surface area contributed by atoms with E-state index in [0.29, 0.717) is 77.7 Å². The average Bonchev–Trinajstić information content (AvgIpc) is 3.35. The van der Waals surface area contributed by atoms with Gasteiger partial charge >= 0.3 is 0 Å². The maximum atomic E-state index is 13.9. The molecule has 3 rings (SSSR count). The lowest BCUT2D eigenvalue weighted by molar-refractivity contribution is -0.138. The van der Waals surface area contributed by atoms with Crippen LogP contribution in [0.1, 0.15) is 57.1 Å². The van der Waals surface area contributed by atoms with Crippen molar-refractivity contribution in [3.63, 3.8) is 0 Å². The molecular formula is C36H55N9O4. The molecule has 0 unspecified atom stereocenters. The van der Waals surface area contributed by atoms with Gasteiger partial charge in [-0.15, -0.1) is 0 Å². The second-order valence-electron chi connectivity index (χ2n) is 13.1. The third kappa shape index (κ3) is 13.1. The predicted octanol–water partition coefficient (Wildman–Crippen LogP) is 0.856. The first kappa shape index (κ1) is 39.0. The van der Waals surface area contributed by atoms with Crippen molar-refractivity contribution in [3.05, 3.63) is 71.8 Å². The number of nitrogens with one attached hydrogen (secondary N) is 4. The quantitative estimate of drug-likeness (QED) is 0.0940. The van der Waals surface area contributed by atoms with E-state index in [0.717, 1.165) is 11.1 Å². The maximum absolute atomic E-state index is 13.9. The van der Waals surface area contributed by atoms with Gasteiger partial charge < -0.3 is 43.0 Å². The summed E-state index contributed by atoms with van der Waals surface area (Å²) in [5, 5.41) is 16.4. The van der Waals surface area contributed by atoms with E-state index in [4.69, 9.17) is 22.6 Å². The molecule has 10 N–H and O–H groups in total. The highest BCUT2D eigenvalue weighted by molar-refractivity contribution is 5.95. The van der Waals surface area contributed by atoms with Crippen LogP contribution in [0, 0.1) is 11.3 Å². The zero-order chi connectivity index (χ0) is 35.8. The van der Waals surface area contributed by atoms with Crippen LogP contribution in [0.3, 0.4) is 0 Å². The summed E-state index contributed by atoms with van der Waals surface area (Å²) in [5.41, 5.74) is 19.6. The summed E-state index contributed by atoms with van der Waals surface area (Å²) in [5.74, 6) is -1.68. The van der Waals surface area contributed by atoms with Crippen LogP contribution in [-0.4, -0.2) is 96.3 Å². The highest BCUT2D eigenvalue weighted by Gasteiger charge is 2.32. The summed E-state index contributed by atoms with van der Waals surface area (Å²) in [4.78, 5) is 58.1. The van der Waals surface area contributed by atoms with Gasteiger partial charge in [0.1, 0.15) is 18.1 Å². The molecule has 4 atom stereocenters. The van der Waals surface area contributed by atoms with Crippen molar-refractivity contribution in [2.75, 3.05) is 32.7 Å². The largest absolute Gasteiger partial charge is 0.370 e. The molecule has 4 amide bonds. The number of carbonyl (C=O) groups excluding carboxylic acids is 4. The van der Waals surface area contributed by atoms with Crippen LogP contribution >= 0.6 is 0 Å². The molecule has 0 bridgehead atoms. The predicted molar refractivity (Wildman–Crippen MR) is 191 cm³/mol. The Morgan fingerprint density at radius 1 is 0.755 bits per heavy atom. The first-order chi connectivity index (χ1) is 23.5. The lowest BCUT2D eigenvalue weighted by atomic mass is 9.99. The van der Waals surface area contributed by atoms with E-state index in [1.165, 1.54) is 0 Å². The molecule has 1 saturated heterocycles. The lowest BCUT2D eigenvalue weighted by Crippen LogP contribution is -2.58. The summed E-state index contributed by atoms with van der Waals surface area (Å²) in [7, 11) is 0. The molecule has 268 valence electrons. The second kappa shape index (κ2) is 20.1.